The van der Waals surface area contributed by atoms with Crippen LogP contribution in [0.25, 0.3) is 11.3 Å². The molecule has 0 aliphatic rings. The molecule has 1 aromatic heterocycles. The Bertz CT molecular complexity index is 952. The smallest absolute Gasteiger partial charge is 0.261 e. The Balaban J connectivity index is 1.87. The van der Waals surface area contributed by atoms with E-state index in [1.807, 2.05) is 11.4 Å². The van der Waals surface area contributed by atoms with Crippen molar-refractivity contribution in [3.05, 3.63) is 52.9 Å². The van der Waals surface area contributed by atoms with Crippen molar-refractivity contribution >= 4 is 22.4 Å². The first-order valence-electron chi connectivity index (χ1n) is 7.81. The molecular weight excluding hydrogens is 352 g/mol. The summed E-state index contributed by atoms with van der Waals surface area (Å²) in [6, 6.07) is 10.5. The van der Waals surface area contributed by atoms with Gasteiger partial charge >= 0.3 is 0 Å². The summed E-state index contributed by atoms with van der Waals surface area (Å²) >= 11 is 1.29. The highest BCUT2D eigenvalue weighted by atomic mass is 32.1. The number of methoxy groups -OCH3 is 2. The number of aromatic nitrogens is 1. The standard InChI is InChI=1S/C19H18N2O4S/c1-11-5-4-6-13(17(11)22)18(23)21-19-20-15(10-26-19)14-9-12(24-2)7-8-16(14)25-3/h4-10,22H,1-3H3,(H,20,21,23). The fourth-order valence-electron chi connectivity index (χ4n) is 2.48. The van der Waals surface area contributed by atoms with Gasteiger partial charge in [0.05, 0.1) is 25.5 Å². The van der Waals surface area contributed by atoms with Gasteiger partial charge in [0.15, 0.2) is 5.13 Å². The van der Waals surface area contributed by atoms with E-state index < -0.39 is 5.91 Å². The molecule has 0 aliphatic heterocycles. The Morgan fingerprint density at radius 2 is 2.00 bits per heavy atom. The number of thiazole rings is 1. The zero-order valence-corrected chi connectivity index (χ0v) is 15.4. The quantitative estimate of drug-likeness (QED) is 0.707. The first-order valence-corrected chi connectivity index (χ1v) is 8.69. The molecule has 0 atom stereocenters. The third-order valence-corrected chi connectivity index (χ3v) is 4.65. The van der Waals surface area contributed by atoms with Crippen LogP contribution in [0.2, 0.25) is 0 Å². The number of hydrogen-bond acceptors (Lipinski definition) is 6. The summed E-state index contributed by atoms with van der Waals surface area (Å²) in [5, 5.41) is 15.0. The third kappa shape index (κ3) is 3.48. The average molecular weight is 370 g/mol. The van der Waals surface area contributed by atoms with Gasteiger partial charge in [0.1, 0.15) is 17.2 Å². The Labute approximate surface area is 155 Å². The van der Waals surface area contributed by atoms with Gasteiger partial charge in [0, 0.05) is 10.9 Å². The molecule has 2 aromatic carbocycles. The van der Waals surface area contributed by atoms with Gasteiger partial charge in [-0.05, 0) is 36.8 Å². The summed E-state index contributed by atoms with van der Waals surface area (Å²) < 4.78 is 10.6. The van der Waals surface area contributed by atoms with Gasteiger partial charge in [-0.3, -0.25) is 10.1 Å². The Morgan fingerprint density at radius 3 is 2.73 bits per heavy atom. The van der Waals surface area contributed by atoms with Crippen molar-refractivity contribution in [3.8, 4) is 28.5 Å². The highest BCUT2D eigenvalue weighted by Crippen LogP contribution is 2.35. The summed E-state index contributed by atoms with van der Waals surface area (Å²) in [5.41, 5.74) is 2.27. The summed E-state index contributed by atoms with van der Waals surface area (Å²) in [6.07, 6.45) is 0. The van der Waals surface area contributed by atoms with Gasteiger partial charge in [0.25, 0.3) is 5.91 Å². The third-order valence-electron chi connectivity index (χ3n) is 3.89. The van der Waals surface area contributed by atoms with E-state index in [-0.39, 0.29) is 11.3 Å². The number of anilines is 1. The van der Waals surface area contributed by atoms with E-state index in [9.17, 15) is 9.90 Å². The Morgan fingerprint density at radius 1 is 1.19 bits per heavy atom. The van der Waals surface area contributed by atoms with E-state index in [0.29, 0.717) is 27.9 Å². The van der Waals surface area contributed by atoms with Crippen molar-refractivity contribution in [1.82, 2.24) is 4.98 Å². The second kappa shape index (κ2) is 7.45. The lowest BCUT2D eigenvalue weighted by atomic mass is 10.1. The maximum absolute atomic E-state index is 12.4. The lowest BCUT2D eigenvalue weighted by Gasteiger charge is -2.08. The van der Waals surface area contributed by atoms with Crippen LogP contribution in [-0.4, -0.2) is 30.2 Å². The Hall–Kier alpha value is -3.06. The van der Waals surface area contributed by atoms with Gasteiger partial charge in [-0.1, -0.05) is 12.1 Å². The van der Waals surface area contributed by atoms with Gasteiger partial charge in [0.2, 0.25) is 0 Å². The largest absolute Gasteiger partial charge is 0.507 e. The number of amides is 1. The fraction of sp³-hybridized carbons (Fsp3) is 0.158. The normalized spacial score (nSPS) is 10.4. The van der Waals surface area contributed by atoms with Crippen molar-refractivity contribution in [2.24, 2.45) is 0 Å². The van der Waals surface area contributed by atoms with Gasteiger partial charge in [-0.25, -0.2) is 4.98 Å². The topological polar surface area (TPSA) is 80.7 Å². The summed E-state index contributed by atoms with van der Waals surface area (Å²) in [6.45, 7) is 1.74. The van der Waals surface area contributed by atoms with Crippen molar-refractivity contribution < 1.29 is 19.4 Å². The molecule has 0 fully saturated rings. The molecule has 134 valence electrons. The SMILES string of the molecule is COc1ccc(OC)c(-c2csc(NC(=O)c3cccc(C)c3O)n2)c1. The molecule has 0 radical (unpaired) electrons. The summed E-state index contributed by atoms with van der Waals surface area (Å²) in [7, 11) is 3.17. The molecule has 7 heteroatoms. The molecule has 2 N–H and O–H groups in total. The van der Waals surface area contributed by atoms with Gasteiger partial charge < -0.3 is 14.6 Å². The van der Waals surface area contributed by atoms with Crippen LogP contribution in [0.4, 0.5) is 5.13 Å². The number of hydrogen-bond donors (Lipinski definition) is 2. The number of benzene rings is 2. The fourth-order valence-corrected chi connectivity index (χ4v) is 3.18. The van der Waals surface area contributed by atoms with E-state index in [4.69, 9.17) is 9.47 Å². The average Bonchev–Trinajstić information content (AvgIpc) is 3.11. The van der Waals surface area contributed by atoms with Crippen molar-refractivity contribution in [2.45, 2.75) is 6.92 Å². The highest BCUT2D eigenvalue weighted by Gasteiger charge is 2.16. The Kier molecular flexibility index (Phi) is 5.09. The molecule has 26 heavy (non-hydrogen) atoms. The predicted octanol–water partition coefficient (Wildman–Crippen LogP) is 4.09. The molecule has 3 rings (SSSR count). The van der Waals surface area contributed by atoms with E-state index in [1.54, 1.807) is 51.5 Å². The molecule has 1 heterocycles. The maximum atomic E-state index is 12.4. The van der Waals surface area contributed by atoms with Crippen molar-refractivity contribution in [2.75, 3.05) is 19.5 Å². The van der Waals surface area contributed by atoms with Crippen LogP contribution in [0, 0.1) is 6.92 Å². The van der Waals surface area contributed by atoms with Gasteiger partial charge in [-0.15, -0.1) is 11.3 Å². The van der Waals surface area contributed by atoms with Gasteiger partial charge in [-0.2, -0.15) is 0 Å². The molecule has 0 saturated carbocycles. The van der Waals surface area contributed by atoms with E-state index in [0.717, 1.165) is 5.56 Å². The van der Waals surface area contributed by atoms with E-state index in [1.165, 1.54) is 11.3 Å². The van der Waals surface area contributed by atoms with Crippen LogP contribution in [0.15, 0.2) is 41.8 Å². The number of aryl methyl sites for hydroxylation is 1. The zero-order valence-electron chi connectivity index (χ0n) is 14.6. The zero-order chi connectivity index (χ0) is 18.7. The lowest BCUT2D eigenvalue weighted by molar-refractivity contribution is 0.102. The predicted molar refractivity (Wildman–Crippen MR) is 101 cm³/mol. The maximum Gasteiger partial charge on any atom is 0.261 e. The van der Waals surface area contributed by atoms with E-state index >= 15 is 0 Å². The molecule has 0 aliphatic carbocycles. The first kappa shape index (κ1) is 17.8. The first-order chi connectivity index (χ1) is 12.5. The minimum atomic E-state index is -0.412. The molecular formula is C19H18N2O4S. The molecule has 0 unspecified atom stereocenters. The number of nitrogens with one attached hydrogen (secondary N) is 1. The van der Waals surface area contributed by atoms with E-state index in [2.05, 4.69) is 10.3 Å². The van der Waals surface area contributed by atoms with Crippen LogP contribution in [0.3, 0.4) is 0 Å². The second-order valence-electron chi connectivity index (χ2n) is 5.53. The van der Waals surface area contributed by atoms with Crippen LogP contribution < -0.4 is 14.8 Å². The molecule has 0 spiro atoms. The molecule has 0 saturated heterocycles. The lowest BCUT2D eigenvalue weighted by Crippen LogP contribution is -2.12. The number of ether oxygens (including phenoxy) is 2. The van der Waals surface area contributed by atoms with Crippen molar-refractivity contribution in [1.29, 1.82) is 0 Å². The van der Waals surface area contributed by atoms with Crippen molar-refractivity contribution in [3.63, 3.8) is 0 Å². The number of phenols is 1. The molecule has 3 aromatic rings. The number of phenolic OH excluding ortho intramolecular Hbond substituents is 1. The number of carbonyl (C=O) groups is 1. The monoisotopic (exact) mass is 370 g/mol. The number of rotatable bonds is 5. The second-order valence-corrected chi connectivity index (χ2v) is 6.39. The highest BCUT2D eigenvalue weighted by molar-refractivity contribution is 7.14. The van der Waals surface area contributed by atoms with Crippen LogP contribution in [0.5, 0.6) is 17.2 Å². The summed E-state index contributed by atoms with van der Waals surface area (Å²) in [4.78, 5) is 16.9. The minimum Gasteiger partial charge on any atom is -0.507 e. The number of nitrogens with zero attached hydrogens (tertiary/aromatic N) is 1. The number of carbonyl (C=O) groups excluding carboxylic acids is 1. The van der Waals surface area contributed by atoms with Crippen LogP contribution in [0.1, 0.15) is 15.9 Å². The number of para-hydroxylation sites is 1. The molecule has 6 nitrogen and oxygen atoms in total. The number of aromatic hydroxyl groups is 1. The summed E-state index contributed by atoms with van der Waals surface area (Å²) in [5.74, 6) is 0.898. The van der Waals surface area contributed by atoms with Crippen LogP contribution >= 0.6 is 11.3 Å². The van der Waals surface area contributed by atoms with Crippen LogP contribution in [-0.2, 0) is 0 Å². The minimum absolute atomic E-state index is 0.0313. The molecule has 1 amide bonds. The molecule has 0 bridgehead atoms.